The standard InChI is InChI=1S/C56H56N4O8/c61-48-35-46(32-39-13-20-44(21-14-39)45-27-30-57-31-28-45)55(66)60-51(34-41-15-22-43(23-16-41)42-10-5-2-6-11-42)56(67)59-50(26-19-38-8-3-1-4-9-38)52(62)36-47(54(65)58-29-7-12-53(63)64)33-40-17-24-49(25-18-40)68-37-48/h1-6,8-11,13-18,20-25,27-28,30-31,46-47,50-51H,7,12,19,26,29,32-37H2,(H,58,65)(H,59,67)(H,60,66)(H,63,64)/t46-,47-,50+,51-/m1/s1. The smallest absolute Gasteiger partial charge is 0.303 e. The first-order chi connectivity index (χ1) is 33.1. The van der Waals surface area contributed by atoms with Crippen LogP contribution in [0.3, 0.4) is 0 Å². The summed E-state index contributed by atoms with van der Waals surface area (Å²) in [6.45, 7) is -0.197. The monoisotopic (exact) mass is 912 g/mol. The molecule has 2 aliphatic heterocycles. The minimum Gasteiger partial charge on any atom is -0.486 e. The molecular weight excluding hydrogens is 857 g/mol. The van der Waals surface area contributed by atoms with Crippen LogP contribution in [-0.2, 0) is 54.5 Å². The largest absolute Gasteiger partial charge is 0.486 e. The van der Waals surface area contributed by atoms with Gasteiger partial charge in [-0.25, -0.2) is 0 Å². The number of rotatable bonds is 14. The van der Waals surface area contributed by atoms with Crippen LogP contribution in [0.25, 0.3) is 22.3 Å². The van der Waals surface area contributed by atoms with Crippen molar-refractivity contribution < 1.29 is 38.6 Å². The van der Waals surface area contributed by atoms with E-state index in [0.29, 0.717) is 12.2 Å². The van der Waals surface area contributed by atoms with E-state index >= 15 is 0 Å². The van der Waals surface area contributed by atoms with Crippen LogP contribution in [0.2, 0.25) is 0 Å². The highest BCUT2D eigenvalue weighted by Crippen LogP contribution is 2.25. The van der Waals surface area contributed by atoms with Gasteiger partial charge in [0.25, 0.3) is 0 Å². The first-order valence-corrected chi connectivity index (χ1v) is 23.1. The van der Waals surface area contributed by atoms with Crippen LogP contribution in [0, 0.1) is 11.8 Å². The molecule has 8 rings (SSSR count). The zero-order chi connectivity index (χ0) is 47.7. The highest BCUT2D eigenvalue weighted by molar-refractivity contribution is 5.96. The molecule has 0 radical (unpaired) electrons. The number of carboxylic acid groups (broad SMARTS) is 1. The van der Waals surface area contributed by atoms with Gasteiger partial charge in [0.1, 0.15) is 18.4 Å². The summed E-state index contributed by atoms with van der Waals surface area (Å²) < 4.78 is 5.92. The van der Waals surface area contributed by atoms with Crippen molar-refractivity contribution >= 4 is 35.3 Å². The summed E-state index contributed by atoms with van der Waals surface area (Å²) in [4.78, 5) is 86.8. The molecule has 0 spiro atoms. The number of hydrogen-bond acceptors (Lipinski definition) is 8. The van der Waals surface area contributed by atoms with Crippen LogP contribution in [0.1, 0.15) is 54.4 Å². The zero-order valence-electron chi connectivity index (χ0n) is 37.9. The number of aromatic nitrogens is 1. The normalized spacial score (nSPS) is 18.2. The number of ketones is 2. The van der Waals surface area contributed by atoms with Crippen molar-refractivity contribution in [2.45, 2.75) is 69.9 Å². The number of fused-ring (bicyclic) bond motifs is 16. The summed E-state index contributed by atoms with van der Waals surface area (Å²) in [7, 11) is 0. The molecular formula is C56H56N4O8. The van der Waals surface area contributed by atoms with Crippen molar-refractivity contribution in [3.8, 4) is 28.0 Å². The second-order valence-electron chi connectivity index (χ2n) is 17.3. The van der Waals surface area contributed by atoms with E-state index in [1.807, 2.05) is 121 Å². The van der Waals surface area contributed by atoms with Crippen LogP contribution in [-0.4, -0.2) is 70.6 Å². The van der Waals surface area contributed by atoms with Crippen molar-refractivity contribution in [2.24, 2.45) is 11.8 Å². The summed E-state index contributed by atoms with van der Waals surface area (Å²) >= 11 is 0. The van der Waals surface area contributed by atoms with Gasteiger partial charge in [0.05, 0.1) is 6.04 Å². The molecule has 12 heteroatoms. The Balaban J connectivity index is 1.21. The number of Topliss-reactive ketones (excluding diaryl/α,β-unsaturated/α-hetero) is 2. The van der Waals surface area contributed by atoms with Gasteiger partial charge in [-0.05, 0) is 101 Å². The van der Waals surface area contributed by atoms with Gasteiger partial charge < -0.3 is 25.8 Å². The second-order valence-corrected chi connectivity index (χ2v) is 17.3. The third kappa shape index (κ3) is 14.4. The highest BCUT2D eigenvalue weighted by atomic mass is 16.5. The molecule has 0 aliphatic carbocycles. The van der Waals surface area contributed by atoms with Crippen molar-refractivity contribution in [1.29, 1.82) is 0 Å². The number of carboxylic acids is 1. The summed E-state index contributed by atoms with van der Waals surface area (Å²) in [5.41, 5.74) is 7.19. The van der Waals surface area contributed by atoms with Crippen LogP contribution in [0.4, 0.5) is 0 Å². The predicted octanol–water partition coefficient (Wildman–Crippen LogP) is 7.57. The molecule has 12 nitrogen and oxygen atoms in total. The van der Waals surface area contributed by atoms with E-state index in [1.165, 1.54) is 0 Å². The van der Waals surface area contributed by atoms with Gasteiger partial charge in [0.15, 0.2) is 11.6 Å². The lowest BCUT2D eigenvalue weighted by Crippen LogP contribution is -2.54. The average Bonchev–Trinajstić information content (AvgIpc) is 3.36. The zero-order valence-corrected chi connectivity index (χ0v) is 37.9. The van der Waals surface area contributed by atoms with E-state index in [-0.39, 0.29) is 76.1 Å². The Morgan fingerprint density at radius 1 is 0.618 bits per heavy atom. The lowest BCUT2D eigenvalue weighted by Gasteiger charge is -2.26. The average molecular weight is 913 g/mol. The molecule has 2 aliphatic rings. The molecule has 0 fully saturated rings. The quantitative estimate of drug-likeness (QED) is 0.0802. The molecule has 2 bridgehead atoms. The number of carbonyl (C=O) groups excluding carboxylic acids is 5. The summed E-state index contributed by atoms with van der Waals surface area (Å²) in [6.07, 6.45) is 4.21. The van der Waals surface area contributed by atoms with Crippen molar-refractivity contribution in [2.75, 3.05) is 13.2 Å². The maximum Gasteiger partial charge on any atom is 0.303 e. The van der Waals surface area contributed by atoms with Gasteiger partial charge in [-0.15, -0.1) is 0 Å². The number of amides is 3. The number of ether oxygens (including phenoxy) is 1. The first kappa shape index (κ1) is 48.2. The van der Waals surface area contributed by atoms with E-state index < -0.39 is 47.6 Å². The predicted molar refractivity (Wildman–Crippen MR) is 259 cm³/mol. The van der Waals surface area contributed by atoms with Gasteiger partial charge in [-0.1, -0.05) is 121 Å². The molecule has 1 aromatic heterocycles. The van der Waals surface area contributed by atoms with Crippen molar-refractivity contribution in [3.05, 3.63) is 180 Å². The topological polar surface area (TPSA) is 181 Å². The molecule has 4 atom stereocenters. The third-order valence-electron chi connectivity index (χ3n) is 12.2. The molecule has 3 amide bonds. The third-order valence-corrected chi connectivity index (χ3v) is 12.2. The Hall–Kier alpha value is -7.73. The van der Waals surface area contributed by atoms with Crippen LogP contribution >= 0.6 is 0 Å². The van der Waals surface area contributed by atoms with Gasteiger partial charge in [0.2, 0.25) is 17.7 Å². The van der Waals surface area contributed by atoms with Crippen LogP contribution in [0.15, 0.2) is 158 Å². The fourth-order valence-electron chi connectivity index (χ4n) is 8.40. The van der Waals surface area contributed by atoms with Crippen molar-refractivity contribution in [3.63, 3.8) is 0 Å². The van der Waals surface area contributed by atoms with Gasteiger partial charge in [-0.3, -0.25) is 33.8 Å². The second kappa shape index (κ2) is 24.2. The van der Waals surface area contributed by atoms with Gasteiger partial charge in [-0.2, -0.15) is 0 Å². The number of nitrogens with one attached hydrogen (secondary N) is 3. The Labute approximate surface area is 396 Å². The maximum absolute atomic E-state index is 14.8. The Morgan fingerprint density at radius 3 is 1.85 bits per heavy atom. The summed E-state index contributed by atoms with van der Waals surface area (Å²) in [5.74, 6) is -4.52. The number of pyridine rings is 1. The van der Waals surface area contributed by atoms with E-state index in [4.69, 9.17) is 9.84 Å². The number of aliphatic carboxylic acids is 1. The highest BCUT2D eigenvalue weighted by Gasteiger charge is 2.33. The Bertz CT molecular complexity index is 2620. The fourth-order valence-corrected chi connectivity index (χ4v) is 8.40. The fraction of sp³-hybridized carbons (Fsp3) is 0.268. The molecule has 4 N–H and O–H groups in total. The Morgan fingerprint density at radius 2 is 1.21 bits per heavy atom. The molecule has 0 saturated carbocycles. The number of hydrogen-bond donors (Lipinski definition) is 4. The van der Waals surface area contributed by atoms with Crippen LogP contribution < -0.4 is 20.7 Å². The maximum atomic E-state index is 14.8. The van der Waals surface area contributed by atoms with E-state index in [2.05, 4.69) is 20.9 Å². The number of aryl methyl sites for hydroxylation is 1. The first-order valence-electron chi connectivity index (χ1n) is 23.1. The molecule has 0 saturated heterocycles. The van der Waals surface area contributed by atoms with Gasteiger partial charge >= 0.3 is 5.97 Å². The molecule has 68 heavy (non-hydrogen) atoms. The summed E-state index contributed by atoms with van der Waals surface area (Å²) in [5, 5.41) is 18.0. The molecule has 0 unspecified atom stereocenters. The minimum absolute atomic E-state index is 0.0754. The number of carbonyl (C=O) groups is 6. The summed E-state index contributed by atoms with van der Waals surface area (Å²) in [6, 6.07) is 43.4. The molecule has 5 aromatic carbocycles. The van der Waals surface area contributed by atoms with E-state index in [1.54, 1.807) is 36.7 Å². The lowest BCUT2D eigenvalue weighted by molar-refractivity contribution is -0.137. The molecule has 6 aromatic rings. The minimum atomic E-state index is -1.16. The Kier molecular flexibility index (Phi) is 17.1. The van der Waals surface area contributed by atoms with Gasteiger partial charge in [0, 0.05) is 56.5 Å². The number of benzene rings is 5. The SMILES string of the molecule is O=C(O)CCCNC(=O)[C@H]1CC(=O)[C@H](CCc2ccccc2)NC(=O)[C@@H](Cc2ccc(-c3ccccc3)cc2)NC(=O)[C@H](Cc2ccc(-c3ccncc3)cc2)CC(=O)COc2ccc(cc2)C1. The van der Waals surface area contributed by atoms with E-state index in [9.17, 15) is 28.8 Å². The number of nitrogens with zero attached hydrogens (tertiary/aromatic N) is 1. The van der Waals surface area contributed by atoms with Crippen molar-refractivity contribution in [1.82, 2.24) is 20.9 Å². The lowest BCUT2D eigenvalue weighted by atomic mass is 9.89. The molecule has 348 valence electrons. The molecule has 3 heterocycles. The van der Waals surface area contributed by atoms with E-state index in [0.717, 1.165) is 44.5 Å². The van der Waals surface area contributed by atoms with Crippen LogP contribution in [0.5, 0.6) is 5.75 Å².